The molecule has 0 aliphatic carbocycles. The molecule has 0 saturated carbocycles. The number of nitrogens with two attached hydrogens (primary N) is 2. The van der Waals surface area contributed by atoms with Gasteiger partial charge in [0.1, 0.15) is 15.6 Å². The number of H-pyrrole nitrogens is 1. The molecule has 0 spiro atoms. The summed E-state index contributed by atoms with van der Waals surface area (Å²) in [6.07, 6.45) is 4.47. The minimum atomic E-state index is -4.62. The Morgan fingerprint density at radius 2 is 1.97 bits per heavy atom. The predicted molar refractivity (Wildman–Crippen MR) is 139 cm³/mol. The van der Waals surface area contributed by atoms with Gasteiger partial charge in [-0.05, 0) is 34.5 Å². The standard InChI is InChI=1S/C21H20N10O4S3/c22-21-25-18-13(2-1-3-14(18)36-21)12-5-6-15(19(37(23,32)33)17(12)20-26-29-30-27-20)38(34,35)28-11-4-7-16-24-8-9-31(16)10-11/h1-3,5-6,8-9,11,28H,4,7,10H2,(H2,22,25)(H2,23,32,33)(H,26,27,29,30). The number of sulfonamides is 2. The number of anilines is 1. The fraction of sp³-hybridized carbons (Fsp3) is 0.190. The van der Waals surface area contributed by atoms with Crippen LogP contribution in [-0.2, 0) is 33.0 Å². The number of benzene rings is 2. The zero-order valence-corrected chi connectivity index (χ0v) is 21.9. The fourth-order valence-electron chi connectivity index (χ4n) is 4.71. The molecule has 1 atom stereocenters. The van der Waals surface area contributed by atoms with Crippen LogP contribution in [-0.4, -0.2) is 58.0 Å². The number of fused-ring (bicyclic) bond motifs is 2. The number of thiazole rings is 1. The molecule has 5 aromatic rings. The van der Waals surface area contributed by atoms with Crippen molar-refractivity contribution in [3.63, 3.8) is 0 Å². The number of tetrazole rings is 1. The summed E-state index contributed by atoms with van der Waals surface area (Å²) in [4.78, 5) is 7.48. The third-order valence-electron chi connectivity index (χ3n) is 6.26. The van der Waals surface area contributed by atoms with Crippen molar-refractivity contribution in [1.29, 1.82) is 0 Å². The fourth-order valence-corrected chi connectivity index (χ4v) is 8.34. The largest absolute Gasteiger partial charge is 0.375 e. The second kappa shape index (κ2) is 8.91. The molecule has 1 aliphatic rings. The Balaban J connectivity index is 1.56. The normalized spacial score (nSPS) is 16.1. The minimum absolute atomic E-state index is 0.0815. The first-order valence-electron chi connectivity index (χ1n) is 11.2. The lowest BCUT2D eigenvalue weighted by Gasteiger charge is -2.25. The maximum absolute atomic E-state index is 13.7. The highest BCUT2D eigenvalue weighted by Gasteiger charge is 2.34. The summed E-state index contributed by atoms with van der Waals surface area (Å²) in [5, 5.41) is 19.5. The van der Waals surface area contributed by atoms with Crippen molar-refractivity contribution in [2.75, 3.05) is 5.73 Å². The van der Waals surface area contributed by atoms with Gasteiger partial charge in [-0.15, -0.1) is 5.10 Å². The molecule has 2 aromatic carbocycles. The molecular formula is C21H20N10O4S3. The maximum atomic E-state index is 13.7. The molecule has 1 unspecified atom stereocenters. The van der Waals surface area contributed by atoms with Gasteiger partial charge in [0.2, 0.25) is 20.0 Å². The maximum Gasteiger partial charge on any atom is 0.242 e. The second-order valence-electron chi connectivity index (χ2n) is 8.67. The molecule has 4 heterocycles. The number of nitrogen functional groups attached to an aromatic ring is 1. The number of hydrogen-bond donors (Lipinski definition) is 4. The van der Waals surface area contributed by atoms with Crippen LogP contribution < -0.4 is 15.6 Å². The first-order chi connectivity index (χ1) is 18.1. The van der Waals surface area contributed by atoms with E-state index in [0.717, 1.165) is 10.5 Å². The van der Waals surface area contributed by atoms with Crippen LogP contribution in [0.3, 0.4) is 0 Å². The molecule has 0 bridgehead atoms. The molecule has 3 aromatic heterocycles. The Morgan fingerprint density at radius 3 is 2.74 bits per heavy atom. The van der Waals surface area contributed by atoms with Crippen LogP contribution in [0.2, 0.25) is 0 Å². The molecule has 1 aliphatic heterocycles. The molecule has 6 N–H and O–H groups in total. The molecule has 0 radical (unpaired) electrons. The van der Waals surface area contributed by atoms with Crippen LogP contribution >= 0.6 is 11.3 Å². The van der Waals surface area contributed by atoms with Gasteiger partial charge in [-0.25, -0.2) is 41.8 Å². The van der Waals surface area contributed by atoms with Crippen LogP contribution in [0.5, 0.6) is 0 Å². The summed E-state index contributed by atoms with van der Waals surface area (Å²) in [6.45, 7) is 0.351. The molecule has 196 valence electrons. The number of aromatic nitrogens is 7. The number of nitrogens with zero attached hydrogens (tertiary/aromatic N) is 6. The Hall–Kier alpha value is -3.77. The summed E-state index contributed by atoms with van der Waals surface area (Å²) in [5.41, 5.74) is 7.15. The number of para-hydroxylation sites is 1. The molecule has 38 heavy (non-hydrogen) atoms. The van der Waals surface area contributed by atoms with Gasteiger partial charge in [-0.2, -0.15) is 0 Å². The number of primary sulfonamides is 1. The zero-order valence-electron chi connectivity index (χ0n) is 19.4. The smallest absolute Gasteiger partial charge is 0.242 e. The molecular weight excluding hydrogens is 552 g/mol. The Labute approximate surface area is 220 Å². The molecule has 6 rings (SSSR count). The van der Waals surface area contributed by atoms with E-state index in [1.165, 1.54) is 23.5 Å². The summed E-state index contributed by atoms with van der Waals surface area (Å²) in [7, 11) is -8.99. The van der Waals surface area contributed by atoms with Crippen LogP contribution in [0.4, 0.5) is 5.13 Å². The van der Waals surface area contributed by atoms with Gasteiger partial charge in [0.05, 0.1) is 15.8 Å². The van der Waals surface area contributed by atoms with Crippen molar-refractivity contribution >= 4 is 46.7 Å². The Kier molecular flexibility index (Phi) is 5.76. The van der Waals surface area contributed by atoms with E-state index < -0.39 is 35.9 Å². The third-order valence-corrected chi connectivity index (χ3v) is 9.80. The summed E-state index contributed by atoms with van der Waals surface area (Å²) < 4.78 is 58.7. The molecule has 14 nitrogen and oxygen atoms in total. The predicted octanol–water partition coefficient (Wildman–Crippen LogP) is 0.863. The topological polar surface area (TPSA) is 218 Å². The number of hydrogen-bond acceptors (Lipinski definition) is 11. The highest BCUT2D eigenvalue weighted by molar-refractivity contribution is 7.92. The van der Waals surface area contributed by atoms with Crippen LogP contribution in [0.1, 0.15) is 12.2 Å². The van der Waals surface area contributed by atoms with Crippen LogP contribution in [0, 0.1) is 0 Å². The van der Waals surface area contributed by atoms with E-state index in [2.05, 4.69) is 35.3 Å². The van der Waals surface area contributed by atoms with Crippen LogP contribution in [0.25, 0.3) is 32.7 Å². The third kappa shape index (κ3) is 4.23. The second-order valence-corrected chi connectivity index (χ2v) is 12.9. The Bertz CT molecular complexity index is 1900. The van der Waals surface area contributed by atoms with E-state index in [-0.39, 0.29) is 11.4 Å². The summed E-state index contributed by atoms with van der Waals surface area (Å²) in [5.74, 6) is 0.772. The van der Waals surface area contributed by atoms with Crippen molar-refractivity contribution in [3.05, 3.63) is 48.5 Å². The van der Waals surface area contributed by atoms with Crippen molar-refractivity contribution in [3.8, 4) is 22.5 Å². The SMILES string of the molecule is Nc1nc2c(-c3ccc(S(=O)(=O)NC4CCc5nccn5C4)c(S(N)(=O)=O)c3-c3nnn[nH]3)cccc2s1. The van der Waals surface area contributed by atoms with Gasteiger partial charge >= 0.3 is 0 Å². The van der Waals surface area contributed by atoms with Crippen molar-refractivity contribution in [2.45, 2.75) is 35.2 Å². The van der Waals surface area contributed by atoms with Gasteiger partial charge in [-0.1, -0.05) is 29.5 Å². The Morgan fingerprint density at radius 1 is 1.13 bits per heavy atom. The van der Waals surface area contributed by atoms with Gasteiger partial charge in [-0.3, -0.25) is 0 Å². The lowest BCUT2D eigenvalue weighted by atomic mass is 9.98. The van der Waals surface area contributed by atoms with Gasteiger partial charge < -0.3 is 10.3 Å². The van der Waals surface area contributed by atoms with E-state index in [9.17, 15) is 16.8 Å². The van der Waals surface area contributed by atoms with Crippen molar-refractivity contribution in [1.82, 2.24) is 39.9 Å². The highest BCUT2D eigenvalue weighted by Crippen LogP contribution is 2.42. The minimum Gasteiger partial charge on any atom is -0.375 e. The molecule has 0 fully saturated rings. The van der Waals surface area contributed by atoms with Gasteiger partial charge in [0, 0.05) is 37.0 Å². The zero-order chi connectivity index (χ0) is 26.7. The van der Waals surface area contributed by atoms with E-state index in [4.69, 9.17) is 10.9 Å². The molecule has 17 heteroatoms. The first-order valence-corrected chi connectivity index (χ1v) is 15.1. The lowest BCUT2D eigenvalue weighted by molar-refractivity contribution is 0.420. The quantitative estimate of drug-likeness (QED) is 0.225. The molecule has 0 saturated heterocycles. The number of aryl methyl sites for hydroxylation is 1. The monoisotopic (exact) mass is 572 g/mol. The lowest BCUT2D eigenvalue weighted by Crippen LogP contribution is -2.41. The number of nitrogens with one attached hydrogen (secondary N) is 2. The van der Waals surface area contributed by atoms with Crippen LogP contribution in [0.15, 0.2) is 52.5 Å². The summed E-state index contributed by atoms with van der Waals surface area (Å²) in [6, 6.07) is 7.51. The summed E-state index contributed by atoms with van der Waals surface area (Å²) >= 11 is 1.26. The van der Waals surface area contributed by atoms with Gasteiger partial charge in [0.25, 0.3) is 0 Å². The average molecular weight is 573 g/mol. The van der Waals surface area contributed by atoms with E-state index in [1.807, 2.05) is 10.6 Å². The van der Waals surface area contributed by atoms with Crippen molar-refractivity contribution in [2.24, 2.45) is 5.14 Å². The first kappa shape index (κ1) is 24.6. The van der Waals surface area contributed by atoms with E-state index in [0.29, 0.717) is 41.2 Å². The average Bonchev–Trinajstić information content (AvgIpc) is 3.62. The van der Waals surface area contributed by atoms with E-state index in [1.54, 1.807) is 24.5 Å². The number of imidazole rings is 1. The van der Waals surface area contributed by atoms with E-state index >= 15 is 0 Å². The van der Waals surface area contributed by atoms with Gasteiger partial charge in [0.15, 0.2) is 11.0 Å². The highest BCUT2D eigenvalue weighted by atomic mass is 32.2. The molecule has 0 amide bonds. The van der Waals surface area contributed by atoms with Crippen molar-refractivity contribution < 1.29 is 16.8 Å². The number of rotatable bonds is 6. The number of aromatic amines is 1.